The highest BCUT2D eigenvalue weighted by molar-refractivity contribution is 8.00. The molecule has 1 amide bonds. The Balaban J connectivity index is 1.89. The summed E-state index contributed by atoms with van der Waals surface area (Å²) < 4.78 is 0. The molecule has 2 fully saturated rings. The zero-order chi connectivity index (χ0) is 10.9. The van der Waals surface area contributed by atoms with Gasteiger partial charge in [-0.3, -0.25) is 4.79 Å². The minimum Gasteiger partial charge on any atom is -0.341 e. The van der Waals surface area contributed by atoms with Gasteiger partial charge in [-0.2, -0.15) is 0 Å². The standard InChI is InChI=1S/C10H19N3OS/c1-8(11)9(14)13-5-2-10(3-6-13)12-4-7-15-10/h8,12H,2-7,11H2,1H3/t8-/m0/s1. The van der Waals surface area contributed by atoms with Crippen LogP contribution in [0.4, 0.5) is 0 Å². The molecule has 15 heavy (non-hydrogen) atoms. The van der Waals surface area contributed by atoms with Crippen LogP contribution in [0.2, 0.25) is 0 Å². The third-order valence-corrected chi connectivity index (χ3v) is 4.71. The number of nitrogens with one attached hydrogen (secondary N) is 1. The quantitative estimate of drug-likeness (QED) is 0.664. The molecule has 1 atom stereocenters. The summed E-state index contributed by atoms with van der Waals surface area (Å²) in [5.74, 6) is 1.29. The normalized spacial score (nSPS) is 26.9. The van der Waals surface area contributed by atoms with Crippen molar-refractivity contribution in [3.63, 3.8) is 0 Å². The molecule has 0 bridgehead atoms. The molecule has 0 saturated carbocycles. The Morgan fingerprint density at radius 2 is 2.20 bits per heavy atom. The second kappa shape index (κ2) is 4.31. The third-order valence-electron chi connectivity index (χ3n) is 3.20. The Kier molecular flexibility index (Phi) is 3.23. The first-order valence-electron chi connectivity index (χ1n) is 5.56. The maximum absolute atomic E-state index is 11.7. The van der Waals surface area contributed by atoms with Gasteiger partial charge in [0.1, 0.15) is 0 Å². The molecule has 0 unspecified atom stereocenters. The Labute approximate surface area is 94.9 Å². The summed E-state index contributed by atoms with van der Waals surface area (Å²) in [4.78, 5) is 13.8. The zero-order valence-corrected chi connectivity index (χ0v) is 9.98. The topological polar surface area (TPSA) is 58.4 Å². The number of nitrogens with zero attached hydrogens (tertiary/aromatic N) is 1. The number of piperidine rings is 1. The van der Waals surface area contributed by atoms with E-state index in [0.29, 0.717) is 0 Å². The number of nitrogens with two attached hydrogens (primary N) is 1. The van der Waals surface area contributed by atoms with Crippen molar-refractivity contribution < 1.29 is 4.79 Å². The summed E-state index contributed by atoms with van der Waals surface area (Å²) in [7, 11) is 0. The number of likely N-dealkylation sites (tertiary alicyclic amines) is 1. The van der Waals surface area contributed by atoms with Crippen molar-refractivity contribution in [2.45, 2.75) is 30.7 Å². The van der Waals surface area contributed by atoms with E-state index in [2.05, 4.69) is 5.32 Å². The Morgan fingerprint density at radius 3 is 2.67 bits per heavy atom. The van der Waals surface area contributed by atoms with Gasteiger partial charge in [0.05, 0.1) is 10.9 Å². The van der Waals surface area contributed by atoms with E-state index in [4.69, 9.17) is 5.73 Å². The summed E-state index contributed by atoms with van der Waals surface area (Å²) in [5.41, 5.74) is 5.60. The molecule has 2 heterocycles. The van der Waals surface area contributed by atoms with E-state index in [-0.39, 0.29) is 16.8 Å². The maximum atomic E-state index is 11.7. The lowest BCUT2D eigenvalue weighted by Crippen LogP contribution is -2.52. The number of hydrogen-bond acceptors (Lipinski definition) is 4. The van der Waals surface area contributed by atoms with Crippen LogP contribution in [0.15, 0.2) is 0 Å². The van der Waals surface area contributed by atoms with Crippen molar-refractivity contribution in [1.82, 2.24) is 10.2 Å². The predicted octanol–water partition coefficient (Wildman–Crippen LogP) is -0.0113. The molecule has 0 aromatic heterocycles. The molecule has 2 rings (SSSR count). The molecule has 3 N–H and O–H groups in total. The van der Waals surface area contributed by atoms with Crippen LogP contribution in [0.1, 0.15) is 19.8 Å². The zero-order valence-electron chi connectivity index (χ0n) is 9.16. The fourth-order valence-electron chi connectivity index (χ4n) is 2.27. The van der Waals surface area contributed by atoms with Gasteiger partial charge in [-0.15, -0.1) is 11.8 Å². The Morgan fingerprint density at radius 1 is 1.53 bits per heavy atom. The summed E-state index contributed by atoms with van der Waals surface area (Å²) in [6, 6.07) is -0.358. The number of amides is 1. The van der Waals surface area contributed by atoms with Gasteiger partial charge in [0.25, 0.3) is 0 Å². The molecule has 2 saturated heterocycles. The highest BCUT2D eigenvalue weighted by Crippen LogP contribution is 2.36. The molecule has 0 radical (unpaired) electrons. The number of carbonyl (C=O) groups is 1. The molecule has 0 aromatic carbocycles. The first kappa shape index (κ1) is 11.2. The van der Waals surface area contributed by atoms with E-state index in [9.17, 15) is 4.79 Å². The summed E-state index contributed by atoms with van der Waals surface area (Å²) >= 11 is 2.01. The lowest BCUT2D eigenvalue weighted by Gasteiger charge is -2.39. The van der Waals surface area contributed by atoms with Gasteiger partial charge in [-0.1, -0.05) is 0 Å². The molecular weight excluding hydrogens is 210 g/mol. The van der Waals surface area contributed by atoms with Crippen LogP contribution in [0.3, 0.4) is 0 Å². The van der Waals surface area contributed by atoms with Crippen LogP contribution >= 0.6 is 11.8 Å². The third kappa shape index (κ3) is 2.29. The van der Waals surface area contributed by atoms with Crippen molar-refractivity contribution in [1.29, 1.82) is 0 Å². The van der Waals surface area contributed by atoms with E-state index in [1.54, 1.807) is 6.92 Å². The second-order valence-corrected chi connectivity index (χ2v) is 5.86. The highest BCUT2D eigenvalue weighted by Gasteiger charge is 2.38. The van der Waals surface area contributed by atoms with Crippen LogP contribution < -0.4 is 11.1 Å². The van der Waals surface area contributed by atoms with Crippen molar-refractivity contribution >= 4 is 17.7 Å². The molecule has 0 aromatic rings. The van der Waals surface area contributed by atoms with Crippen molar-refractivity contribution in [2.75, 3.05) is 25.4 Å². The molecule has 0 aliphatic carbocycles. The molecule has 86 valence electrons. The lowest BCUT2D eigenvalue weighted by molar-refractivity contribution is -0.133. The van der Waals surface area contributed by atoms with Gasteiger partial charge in [0.15, 0.2) is 0 Å². The molecule has 1 spiro atoms. The van der Waals surface area contributed by atoms with Crippen LogP contribution in [-0.4, -0.2) is 47.1 Å². The minimum absolute atomic E-state index is 0.0906. The molecule has 2 aliphatic heterocycles. The summed E-state index contributed by atoms with van der Waals surface area (Å²) in [5, 5.41) is 3.55. The van der Waals surface area contributed by atoms with Gasteiger partial charge in [-0.05, 0) is 19.8 Å². The Hall–Kier alpha value is -0.260. The number of hydrogen-bond donors (Lipinski definition) is 2. The van der Waals surface area contributed by atoms with Gasteiger partial charge in [-0.25, -0.2) is 0 Å². The number of carbonyl (C=O) groups excluding carboxylic acids is 1. The SMILES string of the molecule is C[C@H](N)C(=O)N1CCC2(CC1)NCCS2. The average molecular weight is 229 g/mol. The molecule has 4 nitrogen and oxygen atoms in total. The first-order valence-corrected chi connectivity index (χ1v) is 6.55. The van der Waals surface area contributed by atoms with Gasteiger partial charge >= 0.3 is 0 Å². The van der Waals surface area contributed by atoms with E-state index < -0.39 is 0 Å². The smallest absolute Gasteiger partial charge is 0.239 e. The van der Waals surface area contributed by atoms with Crippen LogP contribution in [-0.2, 0) is 4.79 Å². The van der Waals surface area contributed by atoms with Gasteiger partial charge < -0.3 is 16.0 Å². The van der Waals surface area contributed by atoms with Gasteiger partial charge in [0, 0.05) is 25.4 Å². The predicted molar refractivity (Wildman–Crippen MR) is 62.7 cm³/mol. The molecule has 5 heteroatoms. The largest absolute Gasteiger partial charge is 0.341 e. The molecular formula is C10H19N3OS. The number of rotatable bonds is 1. The van der Waals surface area contributed by atoms with Crippen molar-refractivity contribution in [3.05, 3.63) is 0 Å². The van der Waals surface area contributed by atoms with Crippen LogP contribution in [0, 0.1) is 0 Å². The summed E-state index contributed by atoms with van der Waals surface area (Å²) in [6.45, 7) is 4.56. The maximum Gasteiger partial charge on any atom is 0.239 e. The van der Waals surface area contributed by atoms with E-state index in [1.807, 2.05) is 16.7 Å². The second-order valence-electron chi connectivity index (χ2n) is 4.38. The van der Waals surface area contributed by atoms with Crippen LogP contribution in [0.25, 0.3) is 0 Å². The van der Waals surface area contributed by atoms with E-state index in [1.165, 1.54) is 5.75 Å². The Bertz CT molecular complexity index is 241. The monoisotopic (exact) mass is 229 g/mol. The minimum atomic E-state index is -0.358. The van der Waals surface area contributed by atoms with Crippen LogP contribution in [0.5, 0.6) is 0 Å². The molecule has 2 aliphatic rings. The fourth-order valence-corrected chi connectivity index (χ4v) is 3.54. The highest BCUT2D eigenvalue weighted by atomic mass is 32.2. The number of thioether (sulfide) groups is 1. The first-order chi connectivity index (χ1) is 7.13. The van der Waals surface area contributed by atoms with Crippen molar-refractivity contribution in [2.24, 2.45) is 5.73 Å². The van der Waals surface area contributed by atoms with E-state index >= 15 is 0 Å². The summed E-state index contributed by atoms with van der Waals surface area (Å²) in [6.07, 6.45) is 2.10. The van der Waals surface area contributed by atoms with Gasteiger partial charge in [0.2, 0.25) is 5.91 Å². The van der Waals surface area contributed by atoms with E-state index in [0.717, 1.165) is 32.5 Å². The fraction of sp³-hybridized carbons (Fsp3) is 0.900. The average Bonchev–Trinajstić information content (AvgIpc) is 2.67. The lowest BCUT2D eigenvalue weighted by atomic mass is 10.0. The van der Waals surface area contributed by atoms with Crippen molar-refractivity contribution in [3.8, 4) is 0 Å².